The molecule has 0 aromatic heterocycles. The SMILES string of the molecule is CC1(C)C2CCC1(C)C(OCOC(=O)CCl)C2. The van der Waals surface area contributed by atoms with E-state index in [2.05, 4.69) is 20.8 Å². The maximum atomic E-state index is 10.9. The van der Waals surface area contributed by atoms with E-state index in [9.17, 15) is 4.79 Å². The van der Waals surface area contributed by atoms with Gasteiger partial charge in [0.15, 0.2) is 6.79 Å². The quantitative estimate of drug-likeness (QED) is 0.443. The molecule has 0 N–H and O–H groups in total. The van der Waals surface area contributed by atoms with Gasteiger partial charge in [-0.2, -0.15) is 0 Å². The van der Waals surface area contributed by atoms with Crippen LogP contribution in [0.5, 0.6) is 0 Å². The van der Waals surface area contributed by atoms with Gasteiger partial charge in [-0.15, -0.1) is 11.6 Å². The van der Waals surface area contributed by atoms with Crippen molar-refractivity contribution in [1.82, 2.24) is 0 Å². The second-order valence-corrected chi connectivity index (χ2v) is 6.30. The molecule has 0 radical (unpaired) electrons. The Morgan fingerprint density at radius 2 is 2.12 bits per heavy atom. The number of rotatable bonds is 4. The first-order valence-electron chi connectivity index (χ1n) is 6.25. The van der Waals surface area contributed by atoms with E-state index >= 15 is 0 Å². The topological polar surface area (TPSA) is 35.5 Å². The summed E-state index contributed by atoms with van der Waals surface area (Å²) in [5.74, 6) is 0.208. The first-order valence-corrected chi connectivity index (χ1v) is 6.78. The predicted molar refractivity (Wildman–Crippen MR) is 65.8 cm³/mol. The number of hydrogen-bond acceptors (Lipinski definition) is 3. The van der Waals surface area contributed by atoms with Gasteiger partial charge in [-0.25, -0.2) is 0 Å². The number of hydrogen-bond donors (Lipinski definition) is 0. The van der Waals surface area contributed by atoms with Crippen LogP contribution in [-0.2, 0) is 14.3 Å². The molecule has 3 unspecified atom stereocenters. The van der Waals surface area contributed by atoms with Crippen LogP contribution in [0, 0.1) is 16.7 Å². The maximum Gasteiger partial charge on any atom is 0.322 e. The molecule has 2 aliphatic rings. The molecular formula is C13H21ClO3. The van der Waals surface area contributed by atoms with E-state index in [1.807, 2.05) is 0 Å². The van der Waals surface area contributed by atoms with Crippen LogP contribution < -0.4 is 0 Å². The summed E-state index contributed by atoms with van der Waals surface area (Å²) < 4.78 is 10.6. The average Bonchev–Trinajstić information content (AvgIpc) is 2.61. The predicted octanol–water partition coefficient (Wildman–Crippen LogP) is 2.96. The molecule has 0 aromatic carbocycles. The minimum atomic E-state index is -0.417. The van der Waals surface area contributed by atoms with Gasteiger partial charge in [-0.05, 0) is 36.0 Å². The van der Waals surface area contributed by atoms with Crippen LogP contribution in [0.2, 0.25) is 0 Å². The number of esters is 1. The Kier molecular flexibility index (Phi) is 3.43. The summed E-state index contributed by atoms with van der Waals surface area (Å²) in [7, 11) is 0. The van der Waals surface area contributed by atoms with Gasteiger partial charge >= 0.3 is 5.97 Å². The van der Waals surface area contributed by atoms with Crippen molar-refractivity contribution in [3.8, 4) is 0 Å². The van der Waals surface area contributed by atoms with Gasteiger partial charge in [0.25, 0.3) is 0 Å². The lowest BCUT2D eigenvalue weighted by Gasteiger charge is -2.38. The molecule has 0 spiro atoms. The highest BCUT2D eigenvalue weighted by Gasteiger charge is 2.61. The van der Waals surface area contributed by atoms with Gasteiger partial charge in [0.2, 0.25) is 0 Å². The second-order valence-electron chi connectivity index (χ2n) is 6.03. The van der Waals surface area contributed by atoms with Crippen molar-refractivity contribution in [2.24, 2.45) is 16.7 Å². The summed E-state index contributed by atoms with van der Waals surface area (Å²) in [5.41, 5.74) is 0.541. The Balaban J connectivity index is 1.90. The molecule has 2 aliphatic carbocycles. The number of fused-ring (bicyclic) bond motifs is 2. The first kappa shape index (κ1) is 13.2. The largest absolute Gasteiger partial charge is 0.438 e. The van der Waals surface area contributed by atoms with Crippen LogP contribution in [0.4, 0.5) is 0 Å². The lowest BCUT2D eigenvalue weighted by molar-refractivity contribution is -0.166. The standard InChI is InChI=1S/C13H21ClO3/c1-12(2)9-4-5-13(12,3)10(6-9)16-8-17-11(15)7-14/h9-10H,4-8H2,1-3H3. The van der Waals surface area contributed by atoms with E-state index in [4.69, 9.17) is 21.1 Å². The van der Waals surface area contributed by atoms with Gasteiger partial charge < -0.3 is 9.47 Å². The molecule has 0 amide bonds. The van der Waals surface area contributed by atoms with E-state index in [0.29, 0.717) is 5.41 Å². The lowest BCUT2D eigenvalue weighted by atomic mass is 9.70. The van der Waals surface area contributed by atoms with Crippen LogP contribution in [0.25, 0.3) is 0 Å². The molecule has 2 rings (SSSR count). The molecule has 2 fully saturated rings. The van der Waals surface area contributed by atoms with E-state index in [1.54, 1.807) is 0 Å². The molecule has 3 nitrogen and oxygen atoms in total. The normalized spacial score (nSPS) is 38.4. The van der Waals surface area contributed by atoms with Crippen LogP contribution in [0.1, 0.15) is 40.0 Å². The zero-order valence-corrected chi connectivity index (χ0v) is 11.5. The Labute approximate surface area is 108 Å². The minimum absolute atomic E-state index is 0.0363. The highest BCUT2D eigenvalue weighted by Crippen LogP contribution is 2.66. The van der Waals surface area contributed by atoms with E-state index in [0.717, 1.165) is 12.3 Å². The molecule has 2 bridgehead atoms. The van der Waals surface area contributed by atoms with E-state index < -0.39 is 5.97 Å². The molecular weight excluding hydrogens is 240 g/mol. The van der Waals surface area contributed by atoms with Crippen LogP contribution >= 0.6 is 11.6 Å². The van der Waals surface area contributed by atoms with Crippen LogP contribution in [0.15, 0.2) is 0 Å². The number of ether oxygens (including phenoxy) is 2. The zero-order valence-electron chi connectivity index (χ0n) is 10.8. The molecule has 17 heavy (non-hydrogen) atoms. The zero-order chi connectivity index (χ0) is 12.7. The summed E-state index contributed by atoms with van der Waals surface area (Å²) in [6.45, 7) is 7.00. The van der Waals surface area contributed by atoms with Crippen LogP contribution in [-0.4, -0.2) is 24.7 Å². The van der Waals surface area contributed by atoms with Crippen molar-refractivity contribution in [2.75, 3.05) is 12.7 Å². The molecule has 0 saturated heterocycles. The van der Waals surface area contributed by atoms with Crippen molar-refractivity contribution < 1.29 is 14.3 Å². The van der Waals surface area contributed by atoms with Crippen molar-refractivity contribution in [2.45, 2.75) is 46.1 Å². The van der Waals surface area contributed by atoms with Crippen molar-refractivity contribution >= 4 is 17.6 Å². The summed E-state index contributed by atoms with van der Waals surface area (Å²) in [6, 6.07) is 0. The van der Waals surface area contributed by atoms with E-state index in [-0.39, 0.29) is 24.2 Å². The van der Waals surface area contributed by atoms with E-state index in [1.165, 1.54) is 12.8 Å². The lowest BCUT2D eigenvalue weighted by Crippen LogP contribution is -2.37. The van der Waals surface area contributed by atoms with Gasteiger partial charge in [0.1, 0.15) is 5.88 Å². The summed E-state index contributed by atoms with van der Waals surface area (Å²) in [5, 5.41) is 0. The fourth-order valence-corrected chi connectivity index (χ4v) is 3.68. The van der Waals surface area contributed by atoms with Gasteiger partial charge in [0, 0.05) is 0 Å². The second kappa shape index (κ2) is 4.43. The Morgan fingerprint density at radius 3 is 2.59 bits per heavy atom. The molecule has 3 atom stereocenters. The monoisotopic (exact) mass is 260 g/mol. The smallest absolute Gasteiger partial charge is 0.322 e. The van der Waals surface area contributed by atoms with Crippen molar-refractivity contribution in [1.29, 1.82) is 0 Å². The third-order valence-electron chi connectivity index (χ3n) is 5.31. The Hall–Kier alpha value is -0.280. The Bertz CT molecular complexity index is 316. The summed E-state index contributed by atoms with van der Waals surface area (Å²) >= 11 is 5.35. The Morgan fingerprint density at radius 1 is 1.41 bits per heavy atom. The molecule has 0 aliphatic heterocycles. The van der Waals surface area contributed by atoms with Crippen LogP contribution in [0.3, 0.4) is 0 Å². The van der Waals surface area contributed by atoms with Gasteiger partial charge in [-0.1, -0.05) is 20.8 Å². The van der Waals surface area contributed by atoms with Gasteiger partial charge in [0.05, 0.1) is 6.10 Å². The highest BCUT2D eigenvalue weighted by molar-refractivity contribution is 6.26. The number of carbonyl (C=O) groups is 1. The van der Waals surface area contributed by atoms with Crippen molar-refractivity contribution in [3.05, 3.63) is 0 Å². The molecule has 2 saturated carbocycles. The third kappa shape index (κ3) is 1.97. The van der Waals surface area contributed by atoms with Gasteiger partial charge in [-0.3, -0.25) is 4.79 Å². The highest BCUT2D eigenvalue weighted by atomic mass is 35.5. The minimum Gasteiger partial charge on any atom is -0.438 e. The number of halogens is 1. The maximum absolute atomic E-state index is 10.9. The fourth-order valence-electron chi connectivity index (χ4n) is 3.60. The molecule has 0 heterocycles. The summed E-state index contributed by atoms with van der Waals surface area (Å²) in [6.07, 6.45) is 3.80. The third-order valence-corrected chi connectivity index (χ3v) is 5.53. The molecule has 0 aromatic rings. The number of alkyl halides is 1. The number of carbonyl (C=O) groups excluding carboxylic acids is 1. The van der Waals surface area contributed by atoms with Crippen molar-refractivity contribution in [3.63, 3.8) is 0 Å². The fraction of sp³-hybridized carbons (Fsp3) is 0.923. The average molecular weight is 261 g/mol. The summed E-state index contributed by atoms with van der Waals surface area (Å²) in [4.78, 5) is 10.9. The molecule has 4 heteroatoms. The molecule has 98 valence electrons. The first-order chi connectivity index (χ1) is 7.91.